The van der Waals surface area contributed by atoms with Crippen LogP contribution in [0.5, 0.6) is 0 Å². The largest absolute Gasteiger partial charge is 0.381 e. The zero-order chi connectivity index (χ0) is 11.5. The van der Waals surface area contributed by atoms with Crippen molar-refractivity contribution in [1.29, 1.82) is 0 Å². The van der Waals surface area contributed by atoms with E-state index in [1.807, 2.05) is 12.1 Å². The van der Waals surface area contributed by atoms with Crippen LogP contribution in [0.15, 0.2) is 42.1 Å². The van der Waals surface area contributed by atoms with Crippen molar-refractivity contribution in [3.05, 3.63) is 47.7 Å². The van der Waals surface area contributed by atoms with Crippen molar-refractivity contribution in [2.75, 3.05) is 14.1 Å². The molecule has 0 aliphatic carbocycles. The van der Waals surface area contributed by atoms with Crippen LogP contribution in [-0.4, -0.2) is 24.0 Å². The highest BCUT2D eigenvalue weighted by Gasteiger charge is 2.19. The number of nitrogens with one attached hydrogen (secondary N) is 1. The molecule has 0 unspecified atom stereocenters. The van der Waals surface area contributed by atoms with E-state index >= 15 is 0 Å². The van der Waals surface area contributed by atoms with Crippen LogP contribution < -0.4 is 5.32 Å². The Kier molecular flexibility index (Phi) is 3.25. The molecule has 1 aliphatic rings. The van der Waals surface area contributed by atoms with Crippen molar-refractivity contribution in [3.63, 3.8) is 0 Å². The smallest absolute Gasteiger partial charge is 0.101 e. The molecule has 84 valence electrons. The van der Waals surface area contributed by atoms with Crippen LogP contribution in [0.4, 0.5) is 0 Å². The summed E-state index contributed by atoms with van der Waals surface area (Å²) >= 11 is 5.26. The summed E-state index contributed by atoms with van der Waals surface area (Å²) in [6, 6.07) is 10.7. The molecular weight excluding hydrogens is 216 g/mol. The van der Waals surface area contributed by atoms with Gasteiger partial charge in [0.25, 0.3) is 0 Å². The fourth-order valence-corrected chi connectivity index (χ4v) is 2.16. The molecule has 2 nitrogen and oxygen atoms in total. The van der Waals surface area contributed by atoms with Crippen molar-refractivity contribution >= 4 is 17.2 Å². The van der Waals surface area contributed by atoms with E-state index in [1.165, 1.54) is 11.3 Å². The van der Waals surface area contributed by atoms with Crippen molar-refractivity contribution in [3.8, 4) is 0 Å². The maximum absolute atomic E-state index is 5.26. The molecule has 1 aromatic carbocycles. The van der Waals surface area contributed by atoms with Crippen molar-refractivity contribution in [1.82, 2.24) is 10.2 Å². The molecule has 1 atom stereocenters. The summed E-state index contributed by atoms with van der Waals surface area (Å²) in [5, 5.41) is 3.35. The average molecular weight is 232 g/mol. The molecule has 1 aromatic rings. The molecule has 16 heavy (non-hydrogen) atoms. The average Bonchev–Trinajstić information content (AvgIpc) is 2.29. The lowest BCUT2D eigenvalue weighted by Gasteiger charge is -2.29. The number of thiocarbonyl (C=S) groups is 1. The summed E-state index contributed by atoms with van der Waals surface area (Å²) in [5.74, 6) is 0. The zero-order valence-corrected chi connectivity index (χ0v) is 10.4. The molecule has 3 heteroatoms. The molecule has 2 rings (SSSR count). The third-order valence-electron chi connectivity index (χ3n) is 2.80. The summed E-state index contributed by atoms with van der Waals surface area (Å²) in [4.78, 5) is 2.95. The SMILES string of the molecule is CN(C)C1=CC(=S)N[C@@H](c2ccccc2)C1. The van der Waals surface area contributed by atoms with E-state index in [0.29, 0.717) is 6.04 Å². The highest BCUT2D eigenvalue weighted by molar-refractivity contribution is 7.80. The molecule has 0 amide bonds. The Hall–Kier alpha value is -1.35. The third-order valence-corrected chi connectivity index (χ3v) is 3.04. The van der Waals surface area contributed by atoms with E-state index in [4.69, 9.17) is 12.2 Å². The standard InChI is InChI=1S/C13H16N2S/c1-15(2)11-8-12(14-13(16)9-11)10-6-4-3-5-7-10/h3-7,9,12H,8H2,1-2H3,(H,14,16)/t12-/m1/s1. The number of benzene rings is 1. The Morgan fingerprint density at radius 1 is 1.25 bits per heavy atom. The highest BCUT2D eigenvalue weighted by Crippen LogP contribution is 2.25. The Morgan fingerprint density at radius 3 is 2.56 bits per heavy atom. The van der Waals surface area contributed by atoms with Crippen molar-refractivity contribution in [2.24, 2.45) is 0 Å². The van der Waals surface area contributed by atoms with Crippen molar-refractivity contribution in [2.45, 2.75) is 12.5 Å². The molecule has 1 N–H and O–H groups in total. The summed E-state index contributed by atoms with van der Waals surface area (Å²) in [6.45, 7) is 0. The van der Waals surface area contributed by atoms with Gasteiger partial charge in [0.05, 0.1) is 6.04 Å². The first kappa shape index (κ1) is 11.1. The van der Waals surface area contributed by atoms with Crippen molar-refractivity contribution < 1.29 is 0 Å². The first-order chi connectivity index (χ1) is 7.66. The van der Waals surface area contributed by atoms with Gasteiger partial charge in [0.1, 0.15) is 4.99 Å². The number of hydrogen-bond donors (Lipinski definition) is 1. The fraction of sp³-hybridized carbons (Fsp3) is 0.308. The lowest BCUT2D eigenvalue weighted by atomic mass is 9.99. The lowest BCUT2D eigenvalue weighted by molar-refractivity contribution is 0.451. The predicted molar refractivity (Wildman–Crippen MR) is 71.3 cm³/mol. The van der Waals surface area contributed by atoms with Crippen LogP contribution in [-0.2, 0) is 0 Å². The maximum Gasteiger partial charge on any atom is 0.101 e. The van der Waals surface area contributed by atoms with Crippen LogP contribution in [0, 0.1) is 0 Å². The second-order valence-corrected chi connectivity index (χ2v) is 4.65. The van der Waals surface area contributed by atoms with Crippen LogP contribution in [0.3, 0.4) is 0 Å². The van der Waals surface area contributed by atoms with Gasteiger partial charge in [0, 0.05) is 26.2 Å². The summed E-state index contributed by atoms with van der Waals surface area (Å²) < 4.78 is 0. The van der Waals surface area contributed by atoms with Gasteiger partial charge >= 0.3 is 0 Å². The molecule has 0 fully saturated rings. The first-order valence-electron chi connectivity index (χ1n) is 5.40. The predicted octanol–water partition coefficient (Wildman–Crippen LogP) is 2.49. The fourth-order valence-electron chi connectivity index (χ4n) is 1.88. The van der Waals surface area contributed by atoms with E-state index in [9.17, 15) is 0 Å². The van der Waals surface area contributed by atoms with E-state index in [0.717, 1.165) is 11.4 Å². The molecule has 0 saturated carbocycles. The maximum atomic E-state index is 5.26. The van der Waals surface area contributed by atoms with Crippen LogP contribution in [0.2, 0.25) is 0 Å². The first-order valence-corrected chi connectivity index (χ1v) is 5.81. The minimum absolute atomic E-state index is 0.302. The summed E-state index contributed by atoms with van der Waals surface area (Å²) in [7, 11) is 4.11. The zero-order valence-electron chi connectivity index (χ0n) is 9.60. The second kappa shape index (κ2) is 4.66. The Morgan fingerprint density at radius 2 is 1.94 bits per heavy atom. The Bertz CT molecular complexity index is 409. The van der Waals surface area contributed by atoms with Gasteiger partial charge in [-0.1, -0.05) is 42.5 Å². The van der Waals surface area contributed by atoms with E-state index in [1.54, 1.807) is 0 Å². The van der Waals surface area contributed by atoms with Crippen LogP contribution in [0.1, 0.15) is 18.0 Å². The molecule has 0 saturated heterocycles. The Balaban J connectivity index is 2.21. The number of nitrogens with zero attached hydrogens (tertiary/aromatic N) is 1. The van der Waals surface area contributed by atoms with Crippen LogP contribution >= 0.6 is 12.2 Å². The van der Waals surface area contributed by atoms with E-state index in [2.05, 4.69) is 48.6 Å². The van der Waals surface area contributed by atoms with Gasteiger partial charge in [-0.05, 0) is 11.6 Å². The minimum atomic E-state index is 0.302. The molecular formula is C13H16N2S. The van der Waals surface area contributed by atoms with Gasteiger partial charge in [0.15, 0.2) is 0 Å². The molecule has 0 aromatic heterocycles. The molecule has 0 radical (unpaired) electrons. The Labute approximate surface area is 102 Å². The molecule has 1 heterocycles. The normalized spacial score (nSPS) is 20.0. The van der Waals surface area contributed by atoms with Gasteiger partial charge in [-0.3, -0.25) is 0 Å². The van der Waals surface area contributed by atoms with Gasteiger partial charge in [-0.2, -0.15) is 0 Å². The van der Waals surface area contributed by atoms with Gasteiger partial charge in [-0.25, -0.2) is 0 Å². The molecule has 0 spiro atoms. The van der Waals surface area contributed by atoms with Crippen LogP contribution in [0.25, 0.3) is 0 Å². The van der Waals surface area contributed by atoms with E-state index in [-0.39, 0.29) is 0 Å². The highest BCUT2D eigenvalue weighted by atomic mass is 32.1. The second-order valence-electron chi connectivity index (χ2n) is 4.21. The molecule has 1 aliphatic heterocycles. The number of hydrogen-bond acceptors (Lipinski definition) is 2. The quantitative estimate of drug-likeness (QED) is 0.789. The lowest BCUT2D eigenvalue weighted by Crippen LogP contribution is -2.33. The monoisotopic (exact) mass is 232 g/mol. The number of rotatable bonds is 2. The molecule has 0 bridgehead atoms. The van der Waals surface area contributed by atoms with Gasteiger partial charge in [0.2, 0.25) is 0 Å². The topological polar surface area (TPSA) is 15.3 Å². The van der Waals surface area contributed by atoms with Gasteiger partial charge in [-0.15, -0.1) is 0 Å². The third kappa shape index (κ3) is 2.42. The summed E-state index contributed by atoms with van der Waals surface area (Å²) in [5.41, 5.74) is 2.56. The minimum Gasteiger partial charge on any atom is -0.381 e. The summed E-state index contributed by atoms with van der Waals surface area (Å²) in [6.07, 6.45) is 3.02. The van der Waals surface area contributed by atoms with E-state index < -0.39 is 0 Å². The van der Waals surface area contributed by atoms with Gasteiger partial charge < -0.3 is 10.2 Å².